The number of halogens is 2. The highest BCUT2D eigenvalue weighted by atomic mass is 79.9. The van der Waals surface area contributed by atoms with Crippen molar-refractivity contribution in [2.45, 2.75) is 25.0 Å². The number of fused-ring (bicyclic) bond motifs is 1. The highest BCUT2D eigenvalue weighted by Crippen LogP contribution is 2.40. The van der Waals surface area contributed by atoms with Crippen molar-refractivity contribution >= 4 is 44.6 Å². The summed E-state index contributed by atoms with van der Waals surface area (Å²) in [5, 5.41) is 11.6. The van der Waals surface area contributed by atoms with Gasteiger partial charge in [-0.25, -0.2) is 14.2 Å². The lowest BCUT2D eigenvalue weighted by molar-refractivity contribution is 0.0527. The Labute approximate surface area is 203 Å². The molecule has 0 aliphatic heterocycles. The first-order valence-electron chi connectivity index (χ1n) is 10.4. The quantitative estimate of drug-likeness (QED) is 0.298. The minimum absolute atomic E-state index is 0.0814. The maximum atomic E-state index is 13.2. The van der Waals surface area contributed by atoms with Gasteiger partial charge in [-0.05, 0) is 46.6 Å². The van der Waals surface area contributed by atoms with Crippen molar-refractivity contribution in [3.8, 4) is 5.75 Å². The SMILES string of the molecule is CCOC(=O)c1c(CSCc2ccc(F)cc2)n(C)c2cc(Br)c(O)c(Cn3ccnc3)c12. The number of phenols is 1. The van der Waals surface area contributed by atoms with Crippen LogP contribution in [0.2, 0.25) is 0 Å². The fraction of sp³-hybridized carbons (Fsp3) is 0.250. The van der Waals surface area contributed by atoms with Crippen LogP contribution in [-0.2, 0) is 29.8 Å². The van der Waals surface area contributed by atoms with E-state index in [0.717, 1.165) is 16.8 Å². The number of imidazole rings is 1. The molecule has 0 aliphatic rings. The average Bonchev–Trinajstić information content (AvgIpc) is 3.40. The topological polar surface area (TPSA) is 69.3 Å². The van der Waals surface area contributed by atoms with Gasteiger partial charge in [-0.2, -0.15) is 11.8 Å². The number of aromatic hydroxyl groups is 1. The Kier molecular flexibility index (Phi) is 7.09. The Balaban J connectivity index is 1.79. The molecule has 0 radical (unpaired) electrons. The van der Waals surface area contributed by atoms with Crippen LogP contribution in [0.1, 0.15) is 34.1 Å². The molecule has 2 aromatic carbocycles. The number of esters is 1. The number of hydrogen-bond donors (Lipinski definition) is 1. The third-order valence-corrected chi connectivity index (χ3v) is 7.06. The standard InChI is InChI=1S/C24H23BrFN3O3S/c1-3-32-24(31)22-20(13-33-12-15-4-6-16(26)7-5-15)28(2)19-10-18(25)23(30)17(21(19)22)11-29-9-8-27-14-29/h4-10,14,30H,3,11-13H2,1-2H3. The molecule has 0 fully saturated rings. The van der Waals surface area contributed by atoms with Gasteiger partial charge in [0.1, 0.15) is 11.6 Å². The largest absolute Gasteiger partial charge is 0.506 e. The highest BCUT2D eigenvalue weighted by molar-refractivity contribution is 9.10. The van der Waals surface area contributed by atoms with E-state index in [1.54, 1.807) is 49.5 Å². The summed E-state index contributed by atoms with van der Waals surface area (Å²) in [6.45, 7) is 2.36. The van der Waals surface area contributed by atoms with Crippen LogP contribution >= 0.6 is 27.7 Å². The maximum absolute atomic E-state index is 13.2. The molecule has 0 atom stereocenters. The molecule has 4 rings (SSSR count). The Morgan fingerprint density at radius 2 is 2.03 bits per heavy atom. The number of carbonyl (C=O) groups is 1. The van der Waals surface area contributed by atoms with Gasteiger partial charge in [0.25, 0.3) is 0 Å². The molecule has 33 heavy (non-hydrogen) atoms. The van der Waals surface area contributed by atoms with Crippen LogP contribution in [0.5, 0.6) is 5.75 Å². The molecule has 0 saturated carbocycles. The molecular formula is C24H23BrFN3O3S. The second-order valence-electron chi connectivity index (χ2n) is 7.54. The third kappa shape index (κ3) is 4.79. The van der Waals surface area contributed by atoms with E-state index in [1.165, 1.54) is 12.1 Å². The molecule has 9 heteroatoms. The number of aromatic nitrogens is 3. The number of phenolic OH excluding ortho intramolecular Hbond substituents is 1. The fourth-order valence-electron chi connectivity index (χ4n) is 3.83. The van der Waals surface area contributed by atoms with E-state index in [-0.39, 0.29) is 18.2 Å². The van der Waals surface area contributed by atoms with Crippen LogP contribution in [0.4, 0.5) is 4.39 Å². The van der Waals surface area contributed by atoms with Crippen molar-refractivity contribution < 1.29 is 19.0 Å². The molecule has 172 valence electrons. The summed E-state index contributed by atoms with van der Waals surface area (Å²) in [5.74, 6) is 0.602. The van der Waals surface area contributed by atoms with Gasteiger partial charge in [0.15, 0.2) is 0 Å². The molecule has 2 aromatic heterocycles. The number of aryl methyl sites for hydroxylation is 1. The lowest BCUT2D eigenvalue weighted by atomic mass is 10.0. The minimum Gasteiger partial charge on any atom is -0.506 e. The molecule has 4 aromatic rings. The predicted octanol–water partition coefficient (Wildman–Crippen LogP) is 5.64. The van der Waals surface area contributed by atoms with Crippen LogP contribution in [0.25, 0.3) is 10.9 Å². The number of benzene rings is 2. The van der Waals surface area contributed by atoms with E-state index in [1.807, 2.05) is 22.2 Å². The monoisotopic (exact) mass is 531 g/mol. The van der Waals surface area contributed by atoms with Crippen molar-refractivity contribution in [3.05, 3.63) is 81.7 Å². The Bertz CT molecular complexity index is 1290. The number of hydrogen-bond acceptors (Lipinski definition) is 5. The highest BCUT2D eigenvalue weighted by Gasteiger charge is 2.27. The van der Waals surface area contributed by atoms with Crippen molar-refractivity contribution in [2.75, 3.05) is 6.61 Å². The molecule has 0 bridgehead atoms. The minimum atomic E-state index is -0.422. The maximum Gasteiger partial charge on any atom is 0.340 e. The van der Waals surface area contributed by atoms with E-state index in [4.69, 9.17) is 4.74 Å². The number of rotatable bonds is 8. The van der Waals surface area contributed by atoms with Gasteiger partial charge >= 0.3 is 5.97 Å². The number of carbonyl (C=O) groups excluding carboxylic acids is 1. The van der Waals surface area contributed by atoms with Crippen LogP contribution in [0.15, 0.2) is 53.5 Å². The first kappa shape index (κ1) is 23.4. The summed E-state index contributed by atoms with van der Waals surface area (Å²) < 4.78 is 23.0. The summed E-state index contributed by atoms with van der Waals surface area (Å²) in [5.41, 5.74) is 3.69. The number of nitrogens with zero attached hydrogens (tertiary/aromatic N) is 3. The van der Waals surface area contributed by atoms with Gasteiger partial charge in [0.2, 0.25) is 0 Å². The Morgan fingerprint density at radius 1 is 1.27 bits per heavy atom. The van der Waals surface area contributed by atoms with Crippen molar-refractivity contribution in [2.24, 2.45) is 7.05 Å². The van der Waals surface area contributed by atoms with Crippen molar-refractivity contribution in [1.29, 1.82) is 0 Å². The molecule has 0 amide bonds. The van der Waals surface area contributed by atoms with Gasteiger partial charge in [0.05, 0.1) is 35.0 Å². The van der Waals surface area contributed by atoms with Gasteiger partial charge < -0.3 is 19.0 Å². The molecular weight excluding hydrogens is 509 g/mol. The summed E-state index contributed by atoms with van der Waals surface area (Å²) in [7, 11) is 1.91. The van der Waals surface area contributed by atoms with Crippen LogP contribution < -0.4 is 0 Å². The molecule has 6 nitrogen and oxygen atoms in total. The first-order chi connectivity index (χ1) is 15.9. The molecule has 2 heterocycles. The molecule has 0 spiro atoms. The smallest absolute Gasteiger partial charge is 0.340 e. The number of thioether (sulfide) groups is 1. The van der Waals surface area contributed by atoms with Gasteiger partial charge in [0, 0.05) is 47.6 Å². The van der Waals surface area contributed by atoms with Crippen LogP contribution in [0.3, 0.4) is 0 Å². The van der Waals surface area contributed by atoms with Gasteiger partial charge in [-0.1, -0.05) is 12.1 Å². The third-order valence-electron chi connectivity index (χ3n) is 5.44. The zero-order valence-electron chi connectivity index (χ0n) is 18.2. The second kappa shape index (κ2) is 10.0. The van der Waals surface area contributed by atoms with Crippen molar-refractivity contribution in [3.63, 3.8) is 0 Å². The second-order valence-corrected chi connectivity index (χ2v) is 9.38. The Hall–Kier alpha value is -2.78. The summed E-state index contributed by atoms with van der Waals surface area (Å²) in [6.07, 6.45) is 5.14. The van der Waals surface area contributed by atoms with E-state index >= 15 is 0 Å². The molecule has 0 aliphatic carbocycles. The van der Waals surface area contributed by atoms with Crippen LogP contribution in [0, 0.1) is 5.82 Å². The molecule has 0 unspecified atom stereocenters. The Morgan fingerprint density at radius 3 is 2.70 bits per heavy atom. The summed E-state index contributed by atoms with van der Waals surface area (Å²) in [6, 6.07) is 8.22. The van der Waals surface area contributed by atoms with Gasteiger partial charge in [-0.15, -0.1) is 0 Å². The van der Waals surface area contributed by atoms with E-state index < -0.39 is 5.97 Å². The predicted molar refractivity (Wildman–Crippen MR) is 131 cm³/mol. The average molecular weight is 532 g/mol. The fourth-order valence-corrected chi connectivity index (χ4v) is 5.35. The lowest BCUT2D eigenvalue weighted by Crippen LogP contribution is -2.09. The van der Waals surface area contributed by atoms with E-state index in [0.29, 0.717) is 39.0 Å². The summed E-state index contributed by atoms with van der Waals surface area (Å²) >= 11 is 5.08. The van der Waals surface area contributed by atoms with Gasteiger partial charge in [-0.3, -0.25) is 0 Å². The molecule has 1 N–H and O–H groups in total. The number of ether oxygens (including phenoxy) is 1. The zero-order valence-corrected chi connectivity index (χ0v) is 20.6. The molecule has 0 saturated heterocycles. The lowest BCUT2D eigenvalue weighted by Gasteiger charge is -2.11. The zero-order chi connectivity index (χ0) is 23.5. The normalized spacial score (nSPS) is 11.3. The van der Waals surface area contributed by atoms with Crippen LogP contribution in [-0.4, -0.2) is 31.8 Å². The van der Waals surface area contributed by atoms with Crippen molar-refractivity contribution in [1.82, 2.24) is 14.1 Å². The summed E-state index contributed by atoms with van der Waals surface area (Å²) in [4.78, 5) is 17.2. The first-order valence-corrected chi connectivity index (χ1v) is 12.3. The van der Waals surface area contributed by atoms with E-state index in [9.17, 15) is 14.3 Å². The van der Waals surface area contributed by atoms with E-state index in [2.05, 4.69) is 20.9 Å².